The fourth-order valence-electron chi connectivity index (χ4n) is 4.27. The van der Waals surface area contributed by atoms with Crippen LogP contribution < -0.4 is 15.8 Å². The molecule has 8 nitrogen and oxygen atoms in total. The second-order valence-electron chi connectivity index (χ2n) is 8.79. The van der Waals surface area contributed by atoms with Crippen LogP contribution in [0.25, 0.3) is 10.9 Å². The van der Waals surface area contributed by atoms with E-state index in [1.54, 1.807) is 30.3 Å². The number of H-pyrrole nitrogens is 1. The molecule has 1 heterocycles. The van der Waals surface area contributed by atoms with Crippen molar-refractivity contribution < 1.29 is 14.3 Å². The minimum absolute atomic E-state index is 0.138. The molecule has 4 rings (SSSR count). The summed E-state index contributed by atoms with van der Waals surface area (Å²) in [6, 6.07) is 22.0. The highest BCUT2D eigenvalue weighted by atomic mass is 32.1. The van der Waals surface area contributed by atoms with Crippen LogP contribution in [-0.4, -0.2) is 48.2 Å². The molecule has 196 valence electrons. The zero-order valence-corrected chi connectivity index (χ0v) is 22.2. The molecule has 0 aliphatic rings. The van der Waals surface area contributed by atoms with Crippen molar-refractivity contribution in [1.29, 1.82) is 0 Å². The molecule has 1 amide bonds. The van der Waals surface area contributed by atoms with Gasteiger partial charge in [-0.1, -0.05) is 30.3 Å². The molecule has 0 spiro atoms. The number of carbonyl (C=O) groups excluding carboxylic acids is 2. The minimum Gasteiger partial charge on any atom is -0.465 e. The fraction of sp³-hybridized carbons (Fsp3) is 0.241. The average Bonchev–Trinajstić information content (AvgIpc) is 2.95. The number of amides is 1. The van der Waals surface area contributed by atoms with E-state index in [1.807, 2.05) is 30.3 Å². The SMILES string of the molecule is CCN(CCCNC(=O)c1ccc(Cn2c(=S)[nH]c3cc(C(=O)OC)ccc3c2=O)cc1)c1ccccc1. The number of benzene rings is 3. The lowest BCUT2D eigenvalue weighted by Crippen LogP contribution is -2.30. The Morgan fingerprint density at radius 3 is 2.42 bits per heavy atom. The van der Waals surface area contributed by atoms with E-state index in [2.05, 4.69) is 34.3 Å². The van der Waals surface area contributed by atoms with Gasteiger partial charge in [0.05, 0.1) is 30.1 Å². The lowest BCUT2D eigenvalue weighted by atomic mass is 10.1. The first-order chi connectivity index (χ1) is 18.4. The maximum atomic E-state index is 13.1. The van der Waals surface area contributed by atoms with Crippen LogP contribution in [0, 0.1) is 4.77 Å². The van der Waals surface area contributed by atoms with Gasteiger partial charge in [-0.2, -0.15) is 0 Å². The summed E-state index contributed by atoms with van der Waals surface area (Å²) in [5, 5.41) is 3.39. The molecule has 0 unspecified atom stereocenters. The Bertz CT molecular complexity index is 1550. The first-order valence-corrected chi connectivity index (χ1v) is 12.8. The van der Waals surface area contributed by atoms with E-state index in [-0.39, 0.29) is 22.8 Å². The van der Waals surface area contributed by atoms with Crippen molar-refractivity contribution in [1.82, 2.24) is 14.9 Å². The summed E-state index contributed by atoms with van der Waals surface area (Å²) in [4.78, 5) is 42.8. The Morgan fingerprint density at radius 2 is 1.74 bits per heavy atom. The molecule has 9 heteroatoms. The molecule has 0 aliphatic carbocycles. The number of esters is 1. The van der Waals surface area contributed by atoms with E-state index in [1.165, 1.54) is 17.4 Å². The molecule has 2 N–H and O–H groups in total. The highest BCUT2D eigenvalue weighted by molar-refractivity contribution is 7.71. The predicted molar refractivity (Wildman–Crippen MR) is 152 cm³/mol. The molecule has 0 radical (unpaired) electrons. The summed E-state index contributed by atoms with van der Waals surface area (Å²) in [6.07, 6.45) is 0.830. The van der Waals surface area contributed by atoms with Crippen molar-refractivity contribution in [3.05, 3.63) is 105 Å². The van der Waals surface area contributed by atoms with Crippen molar-refractivity contribution in [3.63, 3.8) is 0 Å². The first-order valence-electron chi connectivity index (χ1n) is 12.4. The smallest absolute Gasteiger partial charge is 0.337 e. The van der Waals surface area contributed by atoms with Crippen LogP contribution in [0.3, 0.4) is 0 Å². The van der Waals surface area contributed by atoms with Gasteiger partial charge in [0.1, 0.15) is 0 Å². The van der Waals surface area contributed by atoms with Gasteiger partial charge in [0, 0.05) is 30.9 Å². The number of rotatable bonds is 10. The molecule has 0 fully saturated rings. The van der Waals surface area contributed by atoms with E-state index in [4.69, 9.17) is 17.0 Å². The third kappa shape index (κ3) is 6.18. The van der Waals surface area contributed by atoms with E-state index >= 15 is 0 Å². The molecule has 0 bridgehead atoms. The number of methoxy groups -OCH3 is 1. The molecule has 3 aromatic carbocycles. The van der Waals surface area contributed by atoms with Gasteiger partial charge in [0.25, 0.3) is 11.5 Å². The quantitative estimate of drug-likeness (QED) is 0.178. The molecule has 0 saturated carbocycles. The van der Waals surface area contributed by atoms with Crippen LogP contribution in [0.5, 0.6) is 0 Å². The Morgan fingerprint density at radius 1 is 1.03 bits per heavy atom. The third-order valence-corrected chi connectivity index (χ3v) is 6.68. The van der Waals surface area contributed by atoms with Gasteiger partial charge in [-0.3, -0.25) is 14.2 Å². The third-order valence-electron chi connectivity index (χ3n) is 6.35. The van der Waals surface area contributed by atoms with Gasteiger partial charge < -0.3 is 19.9 Å². The van der Waals surface area contributed by atoms with Crippen molar-refractivity contribution in [2.75, 3.05) is 31.6 Å². The zero-order valence-electron chi connectivity index (χ0n) is 21.4. The normalized spacial score (nSPS) is 10.8. The molecule has 1 aromatic heterocycles. The van der Waals surface area contributed by atoms with Gasteiger partial charge >= 0.3 is 5.97 Å². The molecule has 0 aliphatic heterocycles. The molecule has 0 saturated heterocycles. The largest absolute Gasteiger partial charge is 0.465 e. The van der Waals surface area contributed by atoms with Gasteiger partial charge in [0.2, 0.25) is 0 Å². The highest BCUT2D eigenvalue weighted by Gasteiger charge is 2.12. The maximum Gasteiger partial charge on any atom is 0.337 e. The lowest BCUT2D eigenvalue weighted by Gasteiger charge is -2.23. The number of nitrogens with one attached hydrogen (secondary N) is 2. The van der Waals surface area contributed by atoms with Crippen molar-refractivity contribution >= 4 is 40.7 Å². The van der Waals surface area contributed by atoms with Crippen LogP contribution in [-0.2, 0) is 11.3 Å². The first kappa shape index (κ1) is 26.8. The number of aromatic amines is 1. The average molecular weight is 531 g/mol. The fourth-order valence-corrected chi connectivity index (χ4v) is 4.53. The molecular formula is C29H30N4O4S. The summed E-state index contributed by atoms with van der Waals surface area (Å²) >= 11 is 5.41. The topological polar surface area (TPSA) is 96.4 Å². The second kappa shape index (κ2) is 12.3. The van der Waals surface area contributed by atoms with Crippen molar-refractivity contribution in [3.8, 4) is 0 Å². The van der Waals surface area contributed by atoms with Gasteiger partial charge in [-0.25, -0.2) is 4.79 Å². The zero-order chi connectivity index (χ0) is 27.1. The van der Waals surface area contributed by atoms with Crippen LogP contribution in [0.4, 0.5) is 5.69 Å². The molecule has 0 atom stereocenters. The van der Waals surface area contributed by atoms with Crippen LogP contribution in [0.2, 0.25) is 0 Å². The number of anilines is 1. The summed E-state index contributed by atoms with van der Waals surface area (Å²) in [7, 11) is 1.30. The maximum absolute atomic E-state index is 13.1. The molecular weight excluding hydrogens is 500 g/mol. The van der Waals surface area contributed by atoms with Gasteiger partial charge in [-0.15, -0.1) is 0 Å². The molecule has 4 aromatic rings. The Labute approximate surface area is 225 Å². The monoisotopic (exact) mass is 530 g/mol. The lowest BCUT2D eigenvalue weighted by molar-refractivity contribution is 0.0600. The number of carbonyl (C=O) groups is 2. The van der Waals surface area contributed by atoms with Crippen LogP contribution in [0.1, 0.15) is 39.6 Å². The van der Waals surface area contributed by atoms with Crippen LogP contribution in [0.15, 0.2) is 77.6 Å². The number of para-hydroxylation sites is 1. The summed E-state index contributed by atoms with van der Waals surface area (Å²) in [6.45, 7) is 4.69. The van der Waals surface area contributed by atoms with E-state index in [0.29, 0.717) is 28.6 Å². The van der Waals surface area contributed by atoms with Crippen molar-refractivity contribution in [2.24, 2.45) is 0 Å². The predicted octanol–water partition coefficient (Wildman–Crippen LogP) is 4.54. The van der Waals surface area contributed by atoms with Crippen LogP contribution >= 0.6 is 12.2 Å². The minimum atomic E-state index is -0.491. The number of aromatic nitrogens is 2. The number of hydrogen-bond acceptors (Lipinski definition) is 6. The van der Waals surface area contributed by atoms with E-state index in [9.17, 15) is 14.4 Å². The molecule has 38 heavy (non-hydrogen) atoms. The van der Waals surface area contributed by atoms with Crippen molar-refractivity contribution in [2.45, 2.75) is 19.9 Å². The summed E-state index contributed by atoms with van der Waals surface area (Å²) in [5.41, 5.74) is 3.09. The Hall–Kier alpha value is -4.24. The Kier molecular flexibility index (Phi) is 8.70. The highest BCUT2D eigenvalue weighted by Crippen LogP contribution is 2.14. The summed E-state index contributed by atoms with van der Waals surface area (Å²) in [5.74, 6) is -0.629. The number of hydrogen-bond donors (Lipinski definition) is 2. The Balaban J connectivity index is 1.37. The number of fused-ring (bicyclic) bond motifs is 1. The number of nitrogens with zero attached hydrogens (tertiary/aromatic N) is 2. The summed E-state index contributed by atoms with van der Waals surface area (Å²) < 4.78 is 6.43. The standard InChI is InChI=1S/C29H30N4O4S/c1-3-32(23-8-5-4-6-9-23)17-7-16-30-26(34)21-12-10-20(11-13-21)19-33-27(35)24-15-14-22(28(36)37-2)18-25(24)31-29(33)38/h4-6,8-15,18H,3,7,16-17,19H2,1-2H3,(H,30,34)(H,31,38). The van der Waals surface area contributed by atoms with Gasteiger partial charge in [0.15, 0.2) is 4.77 Å². The van der Waals surface area contributed by atoms with E-state index < -0.39 is 5.97 Å². The number of ether oxygens (including phenoxy) is 1. The van der Waals surface area contributed by atoms with E-state index in [0.717, 1.165) is 25.1 Å². The van der Waals surface area contributed by atoms with Gasteiger partial charge in [-0.05, 0) is 73.6 Å². The second-order valence-corrected chi connectivity index (χ2v) is 9.18.